The van der Waals surface area contributed by atoms with Crippen LogP contribution >= 0.6 is 15.9 Å². The predicted molar refractivity (Wildman–Crippen MR) is 83.6 cm³/mol. The van der Waals surface area contributed by atoms with Crippen molar-refractivity contribution in [3.63, 3.8) is 0 Å². The Morgan fingerprint density at radius 2 is 1.95 bits per heavy atom. The molecule has 0 amide bonds. The van der Waals surface area contributed by atoms with E-state index < -0.39 is 0 Å². The Morgan fingerprint density at radius 3 is 2.55 bits per heavy atom. The van der Waals surface area contributed by atoms with Gasteiger partial charge in [-0.3, -0.25) is 9.78 Å². The maximum Gasteiger partial charge on any atom is 0.205 e. The number of carbonyl (C=O) groups excluding carboxylic acids is 1. The summed E-state index contributed by atoms with van der Waals surface area (Å²) in [6.45, 7) is 4.08. The van der Waals surface area contributed by atoms with Crippen molar-refractivity contribution in [1.82, 2.24) is 9.97 Å². The van der Waals surface area contributed by atoms with Gasteiger partial charge in [-0.2, -0.15) is 0 Å². The first-order valence-electron chi connectivity index (χ1n) is 6.37. The van der Waals surface area contributed by atoms with Crippen LogP contribution in [0, 0.1) is 0 Å². The van der Waals surface area contributed by atoms with Crippen LogP contribution in [0.5, 0.6) is 0 Å². The number of hydrogen-bond acceptors (Lipinski definition) is 3. The zero-order valence-electron chi connectivity index (χ0n) is 11.4. The van der Waals surface area contributed by atoms with Gasteiger partial charge in [0.25, 0.3) is 0 Å². The average molecular weight is 331 g/mol. The molecule has 2 rings (SSSR count). The Hall–Kier alpha value is -1.81. The molecule has 0 unspecified atom stereocenters. The van der Waals surface area contributed by atoms with Crippen LogP contribution in [0.2, 0.25) is 0 Å². The van der Waals surface area contributed by atoms with Crippen LogP contribution in [0.15, 0.2) is 47.2 Å². The Morgan fingerprint density at radius 1 is 1.20 bits per heavy atom. The molecule has 0 N–H and O–H groups in total. The molecule has 4 heteroatoms. The van der Waals surface area contributed by atoms with Crippen molar-refractivity contribution in [2.75, 3.05) is 0 Å². The van der Waals surface area contributed by atoms with Crippen LogP contribution in [0.3, 0.4) is 0 Å². The lowest BCUT2D eigenvalue weighted by molar-refractivity contribution is 0.104. The molecule has 1 heterocycles. The van der Waals surface area contributed by atoms with Gasteiger partial charge in [-0.15, -0.1) is 0 Å². The Bertz CT molecular complexity index is 633. The third-order valence-electron chi connectivity index (χ3n) is 2.84. The fourth-order valence-corrected chi connectivity index (χ4v) is 2.04. The van der Waals surface area contributed by atoms with E-state index in [9.17, 15) is 4.79 Å². The number of benzene rings is 1. The number of nitrogens with zero attached hydrogens (tertiary/aromatic N) is 2. The van der Waals surface area contributed by atoms with Gasteiger partial charge >= 0.3 is 0 Å². The van der Waals surface area contributed by atoms with Gasteiger partial charge in [0.15, 0.2) is 0 Å². The lowest BCUT2D eigenvalue weighted by atomic mass is 10.1. The van der Waals surface area contributed by atoms with E-state index in [4.69, 9.17) is 0 Å². The second-order valence-corrected chi connectivity index (χ2v) is 5.55. The smallest absolute Gasteiger partial charge is 0.205 e. The predicted octanol–water partition coefficient (Wildman–Crippen LogP) is 4.26. The van der Waals surface area contributed by atoms with E-state index in [0.717, 1.165) is 15.7 Å². The summed E-state index contributed by atoms with van der Waals surface area (Å²) in [4.78, 5) is 20.4. The number of carbonyl (C=O) groups is 1. The molecule has 3 nitrogen and oxygen atoms in total. The lowest BCUT2D eigenvalue weighted by Gasteiger charge is -2.03. The summed E-state index contributed by atoms with van der Waals surface area (Å²) < 4.78 is 0.949. The standard InChI is InChI=1S/C16H15BrN2O/c1-11(2)14-9-19-15(10-18-14)16(20)8-7-12-5-3-4-6-13(12)17/h3-11H,1-2H3/b8-7+. The number of rotatable bonds is 4. The van der Waals surface area contributed by atoms with Crippen LogP contribution in [0.1, 0.15) is 41.5 Å². The maximum absolute atomic E-state index is 12.0. The van der Waals surface area contributed by atoms with Gasteiger partial charge in [0.05, 0.1) is 11.9 Å². The van der Waals surface area contributed by atoms with Gasteiger partial charge in [-0.05, 0) is 29.7 Å². The van der Waals surface area contributed by atoms with Crippen LogP contribution in [-0.4, -0.2) is 15.8 Å². The molecular formula is C16H15BrN2O. The van der Waals surface area contributed by atoms with Crippen LogP contribution in [0.4, 0.5) is 0 Å². The van der Waals surface area contributed by atoms with E-state index >= 15 is 0 Å². The van der Waals surface area contributed by atoms with Crippen molar-refractivity contribution in [3.8, 4) is 0 Å². The minimum Gasteiger partial charge on any atom is -0.287 e. The third kappa shape index (κ3) is 3.61. The van der Waals surface area contributed by atoms with Gasteiger partial charge in [0.1, 0.15) is 5.69 Å². The molecule has 1 aromatic heterocycles. The molecule has 1 aromatic carbocycles. The van der Waals surface area contributed by atoms with Gasteiger partial charge in [0, 0.05) is 10.7 Å². The summed E-state index contributed by atoms with van der Waals surface area (Å²) in [5.41, 5.74) is 2.20. The van der Waals surface area contributed by atoms with Gasteiger partial charge in [-0.25, -0.2) is 4.98 Å². The quantitative estimate of drug-likeness (QED) is 0.621. The molecule has 0 radical (unpaired) electrons. The molecule has 0 aliphatic carbocycles. The highest BCUT2D eigenvalue weighted by molar-refractivity contribution is 9.10. The monoisotopic (exact) mass is 330 g/mol. The van der Waals surface area contributed by atoms with E-state index in [1.807, 2.05) is 38.1 Å². The number of hydrogen-bond donors (Lipinski definition) is 0. The molecule has 0 atom stereocenters. The Labute approximate surface area is 126 Å². The summed E-state index contributed by atoms with van der Waals surface area (Å²) in [6.07, 6.45) is 6.47. The van der Waals surface area contributed by atoms with Crippen LogP contribution in [-0.2, 0) is 0 Å². The van der Waals surface area contributed by atoms with Crippen molar-refractivity contribution in [2.45, 2.75) is 19.8 Å². The third-order valence-corrected chi connectivity index (χ3v) is 3.56. The first-order chi connectivity index (χ1) is 9.58. The Kier molecular flexibility index (Phi) is 4.79. The van der Waals surface area contributed by atoms with Gasteiger partial charge < -0.3 is 0 Å². The molecular weight excluding hydrogens is 316 g/mol. The lowest BCUT2D eigenvalue weighted by Crippen LogP contribution is -2.02. The van der Waals surface area contributed by atoms with E-state index in [-0.39, 0.29) is 5.78 Å². The molecule has 0 saturated heterocycles. The van der Waals surface area contributed by atoms with Crippen molar-refractivity contribution in [1.29, 1.82) is 0 Å². The van der Waals surface area contributed by atoms with E-state index in [0.29, 0.717) is 11.6 Å². The van der Waals surface area contributed by atoms with Crippen LogP contribution in [0.25, 0.3) is 6.08 Å². The van der Waals surface area contributed by atoms with E-state index in [2.05, 4.69) is 25.9 Å². The molecule has 0 saturated carbocycles. The van der Waals surface area contributed by atoms with Crippen molar-refractivity contribution in [2.24, 2.45) is 0 Å². The summed E-state index contributed by atoms with van der Waals surface area (Å²) in [7, 11) is 0. The maximum atomic E-state index is 12.0. The normalized spacial score (nSPS) is 11.2. The zero-order chi connectivity index (χ0) is 14.5. The number of aromatic nitrogens is 2. The second kappa shape index (κ2) is 6.57. The molecule has 0 spiro atoms. The number of ketones is 1. The minimum atomic E-state index is -0.149. The molecule has 0 fully saturated rings. The highest BCUT2D eigenvalue weighted by Crippen LogP contribution is 2.17. The number of halogens is 1. The molecule has 0 bridgehead atoms. The zero-order valence-corrected chi connectivity index (χ0v) is 13.0. The largest absolute Gasteiger partial charge is 0.287 e. The molecule has 20 heavy (non-hydrogen) atoms. The highest BCUT2D eigenvalue weighted by Gasteiger charge is 2.06. The molecule has 2 aromatic rings. The highest BCUT2D eigenvalue weighted by atomic mass is 79.9. The summed E-state index contributed by atoms with van der Waals surface area (Å²) >= 11 is 3.44. The molecule has 102 valence electrons. The van der Waals surface area contributed by atoms with Crippen molar-refractivity contribution < 1.29 is 4.79 Å². The molecule has 0 aliphatic rings. The van der Waals surface area contributed by atoms with E-state index in [1.165, 1.54) is 12.3 Å². The second-order valence-electron chi connectivity index (χ2n) is 4.70. The first-order valence-corrected chi connectivity index (χ1v) is 7.16. The van der Waals surface area contributed by atoms with Crippen LogP contribution < -0.4 is 0 Å². The minimum absolute atomic E-state index is 0.149. The Balaban J connectivity index is 2.14. The SMILES string of the molecule is CC(C)c1cnc(C(=O)/C=C/c2ccccc2Br)cn1. The molecule has 0 aliphatic heterocycles. The summed E-state index contributed by atoms with van der Waals surface area (Å²) in [5, 5.41) is 0. The average Bonchev–Trinajstić information content (AvgIpc) is 2.46. The fourth-order valence-electron chi connectivity index (χ4n) is 1.62. The number of allylic oxidation sites excluding steroid dienone is 1. The van der Waals surface area contributed by atoms with Gasteiger partial charge in [-0.1, -0.05) is 48.0 Å². The summed E-state index contributed by atoms with van der Waals surface area (Å²) in [6, 6.07) is 7.72. The van der Waals surface area contributed by atoms with Gasteiger partial charge in [0.2, 0.25) is 5.78 Å². The topological polar surface area (TPSA) is 42.9 Å². The van der Waals surface area contributed by atoms with E-state index in [1.54, 1.807) is 12.3 Å². The van der Waals surface area contributed by atoms with Crippen molar-refractivity contribution in [3.05, 3.63) is 64.2 Å². The van der Waals surface area contributed by atoms with Crippen molar-refractivity contribution >= 4 is 27.8 Å². The first kappa shape index (κ1) is 14.6. The summed E-state index contributed by atoms with van der Waals surface area (Å²) in [5.74, 6) is 0.158. The fraction of sp³-hybridized carbons (Fsp3) is 0.188.